The second-order valence-corrected chi connectivity index (χ2v) is 2.50. The van der Waals surface area contributed by atoms with Crippen molar-refractivity contribution < 1.29 is 26.3 Å². The first-order valence-electron chi connectivity index (χ1n) is 3.44. The van der Waals surface area contributed by atoms with Crippen LogP contribution in [0.5, 0.6) is 0 Å². The molecule has 0 rings (SSSR count). The quantitative estimate of drug-likeness (QED) is 0.272. The molecule has 0 aliphatic rings. The van der Waals surface area contributed by atoms with Crippen LogP contribution in [0.4, 0.5) is 0 Å². The molecule has 0 aromatic rings. The summed E-state index contributed by atoms with van der Waals surface area (Å²) in [6.45, 7) is 2.69. The smallest absolute Gasteiger partial charge is 0.445 e. The highest BCUT2D eigenvalue weighted by Crippen LogP contribution is 1.84. The van der Waals surface area contributed by atoms with Gasteiger partial charge < -0.3 is 21.7 Å². The fraction of sp³-hybridized carbons (Fsp3) is 0.857. The highest BCUT2D eigenvalue weighted by molar-refractivity contribution is 5.67. The van der Waals surface area contributed by atoms with E-state index in [4.69, 9.17) is 4.74 Å². The largest absolute Gasteiger partial charge is 1.00 e. The molecule has 0 atom stereocenters. The second-order valence-electron chi connectivity index (χ2n) is 2.50. The summed E-state index contributed by atoms with van der Waals surface area (Å²) in [5, 5.41) is 0. The Bertz CT molecular complexity index is 130. The zero-order valence-corrected chi connectivity index (χ0v) is 9.47. The normalized spacial score (nSPS) is 8.09. The number of rotatable bonds is 1. The van der Waals surface area contributed by atoms with Crippen LogP contribution in [-0.4, -0.2) is 50.3 Å². The van der Waals surface area contributed by atoms with Crippen LogP contribution >= 0.6 is 0 Å². The maximum atomic E-state index is 5.33. The van der Waals surface area contributed by atoms with Crippen LogP contribution in [0.2, 0.25) is 0 Å². The fourth-order valence-corrected chi connectivity index (χ4v) is 0.787. The molecule has 0 fully saturated rings. The van der Waals surface area contributed by atoms with Crippen LogP contribution in [0.3, 0.4) is 0 Å². The Morgan fingerprint density at radius 3 is 1.91 bits per heavy atom. The third kappa shape index (κ3) is 5.07. The fourth-order valence-electron chi connectivity index (χ4n) is 0.787. The van der Waals surface area contributed by atoms with Gasteiger partial charge in [0.2, 0.25) is 0 Å². The van der Waals surface area contributed by atoms with Crippen molar-refractivity contribution in [3.63, 3.8) is 0 Å². The van der Waals surface area contributed by atoms with Crippen molar-refractivity contribution in [2.24, 2.45) is 0 Å². The first kappa shape index (κ1) is 13.3. The van der Waals surface area contributed by atoms with E-state index in [0.717, 1.165) is 6.02 Å². The summed E-state index contributed by atoms with van der Waals surface area (Å²) in [6, 6.07) is 0.891. The van der Waals surface area contributed by atoms with Crippen LogP contribution in [0, 0.1) is 0 Å². The van der Waals surface area contributed by atoms with E-state index >= 15 is 0 Å². The SMILES string of the molecule is CCOC(N(C)C)=[N+](C)C.[Br-]. The maximum Gasteiger partial charge on any atom is 0.445 e. The number of hydrogen-bond acceptors (Lipinski definition) is 1. The zero-order chi connectivity index (χ0) is 8.15. The number of hydrogen-bond donors (Lipinski definition) is 0. The van der Waals surface area contributed by atoms with Gasteiger partial charge in [0, 0.05) is 0 Å². The lowest BCUT2D eigenvalue weighted by Gasteiger charge is -2.09. The number of ether oxygens (including phenoxy) is 1. The van der Waals surface area contributed by atoms with Gasteiger partial charge in [-0.25, -0.2) is 9.48 Å². The first-order valence-corrected chi connectivity index (χ1v) is 3.44. The second kappa shape index (κ2) is 6.46. The zero-order valence-electron chi connectivity index (χ0n) is 7.89. The molecular formula is C7H17BrN2O. The summed E-state index contributed by atoms with van der Waals surface area (Å²) < 4.78 is 7.28. The third-order valence-electron chi connectivity index (χ3n) is 1.04. The van der Waals surface area contributed by atoms with Gasteiger partial charge in [0.05, 0.1) is 34.8 Å². The van der Waals surface area contributed by atoms with Crippen molar-refractivity contribution in [3.05, 3.63) is 0 Å². The average molecular weight is 225 g/mol. The van der Waals surface area contributed by atoms with E-state index in [2.05, 4.69) is 0 Å². The van der Waals surface area contributed by atoms with E-state index in [1.165, 1.54) is 0 Å². The van der Waals surface area contributed by atoms with Crippen LogP contribution in [0.25, 0.3) is 0 Å². The number of amidine groups is 1. The average Bonchev–Trinajstić information content (AvgIpc) is 1.81. The van der Waals surface area contributed by atoms with Crippen LogP contribution in [0.1, 0.15) is 6.92 Å². The molecule has 0 saturated heterocycles. The molecule has 0 bridgehead atoms. The molecule has 0 radical (unpaired) electrons. The standard InChI is InChI=1S/C7H17N2O.BrH/c1-6-10-7(8(2)3)9(4)5;/h6H2,1-5H3;1H/q+1;/p-1. The summed E-state index contributed by atoms with van der Waals surface area (Å²) in [5.74, 6) is 0. The molecule has 0 aromatic carbocycles. The third-order valence-corrected chi connectivity index (χ3v) is 1.04. The minimum absolute atomic E-state index is 0. The molecule has 0 amide bonds. The van der Waals surface area contributed by atoms with Crippen molar-refractivity contribution in [1.29, 1.82) is 0 Å². The van der Waals surface area contributed by atoms with E-state index in [1.807, 2.05) is 44.6 Å². The molecule has 0 heterocycles. The predicted octanol–water partition coefficient (Wildman–Crippen LogP) is -2.78. The van der Waals surface area contributed by atoms with E-state index in [0.29, 0.717) is 6.61 Å². The van der Waals surface area contributed by atoms with Crippen molar-refractivity contribution in [2.45, 2.75) is 6.92 Å². The van der Waals surface area contributed by atoms with E-state index < -0.39 is 0 Å². The molecule has 0 spiro atoms. The number of halogens is 1. The lowest BCUT2D eigenvalue weighted by molar-refractivity contribution is -0.480. The lowest BCUT2D eigenvalue weighted by Crippen LogP contribution is -3.00. The van der Waals surface area contributed by atoms with Gasteiger partial charge in [-0.05, 0) is 6.92 Å². The minimum atomic E-state index is 0. The van der Waals surface area contributed by atoms with Crippen LogP contribution in [0.15, 0.2) is 0 Å². The molecular weight excluding hydrogens is 208 g/mol. The minimum Gasteiger partial charge on any atom is -1.00 e. The summed E-state index contributed by atoms with van der Waals surface area (Å²) in [5.41, 5.74) is 0. The summed E-state index contributed by atoms with van der Waals surface area (Å²) in [4.78, 5) is 1.95. The lowest BCUT2D eigenvalue weighted by atomic mass is 10.8. The molecule has 0 saturated carbocycles. The monoisotopic (exact) mass is 224 g/mol. The molecule has 0 aliphatic heterocycles. The van der Waals surface area contributed by atoms with Gasteiger partial charge in [-0.15, -0.1) is 0 Å². The Morgan fingerprint density at radius 1 is 1.36 bits per heavy atom. The first-order chi connectivity index (χ1) is 4.59. The summed E-state index contributed by atoms with van der Waals surface area (Å²) in [6.07, 6.45) is 0. The van der Waals surface area contributed by atoms with Gasteiger partial charge in [0.25, 0.3) is 0 Å². The van der Waals surface area contributed by atoms with Gasteiger partial charge in [-0.3, -0.25) is 0 Å². The van der Waals surface area contributed by atoms with E-state index in [9.17, 15) is 0 Å². The molecule has 0 unspecified atom stereocenters. The van der Waals surface area contributed by atoms with Crippen molar-refractivity contribution in [3.8, 4) is 0 Å². The van der Waals surface area contributed by atoms with E-state index in [-0.39, 0.29) is 17.0 Å². The molecule has 0 aromatic heterocycles. The Hall–Kier alpha value is -0.250. The van der Waals surface area contributed by atoms with Crippen molar-refractivity contribution >= 4 is 6.02 Å². The Morgan fingerprint density at radius 2 is 1.82 bits per heavy atom. The van der Waals surface area contributed by atoms with Crippen LogP contribution < -0.4 is 17.0 Å². The van der Waals surface area contributed by atoms with Gasteiger partial charge in [0.1, 0.15) is 0 Å². The topological polar surface area (TPSA) is 15.5 Å². The van der Waals surface area contributed by atoms with E-state index in [1.54, 1.807) is 0 Å². The molecule has 4 heteroatoms. The highest BCUT2D eigenvalue weighted by Gasteiger charge is 2.10. The van der Waals surface area contributed by atoms with Gasteiger partial charge in [0.15, 0.2) is 0 Å². The van der Waals surface area contributed by atoms with Gasteiger partial charge in [-0.1, -0.05) is 0 Å². The van der Waals surface area contributed by atoms with Crippen LogP contribution in [-0.2, 0) is 4.74 Å². The van der Waals surface area contributed by atoms with Gasteiger partial charge in [-0.2, -0.15) is 0 Å². The molecule has 0 aliphatic carbocycles. The maximum absolute atomic E-state index is 5.33. The Labute approximate surface area is 79.4 Å². The molecule has 0 N–H and O–H groups in total. The molecule has 3 nitrogen and oxygen atoms in total. The van der Waals surface area contributed by atoms with Crippen molar-refractivity contribution in [1.82, 2.24) is 4.90 Å². The van der Waals surface area contributed by atoms with Crippen molar-refractivity contribution in [2.75, 3.05) is 34.8 Å². The Balaban J connectivity index is 0. The summed E-state index contributed by atoms with van der Waals surface area (Å²) >= 11 is 0. The molecule has 68 valence electrons. The number of nitrogens with zero attached hydrogens (tertiary/aromatic N) is 2. The Kier molecular flexibility index (Phi) is 7.84. The highest BCUT2D eigenvalue weighted by atomic mass is 79.9. The van der Waals surface area contributed by atoms with Gasteiger partial charge >= 0.3 is 6.02 Å². The summed E-state index contributed by atoms with van der Waals surface area (Å²) in [7, 11) is 7.85. The predicted molar refractivity (Wildman–Crippen MR) is 42.4 cm³/mol. The molecule has 11 heavy (non-hydrogen) atoms.